The molecule has 2 fully saturated rings. The number of urea groups is 1. The highest BCUT2D eigenvalue weighted by atomic mass is 16.5. The van der Waals surface area contributed by atoms with Crippen molar-refractivity contribution in [2.75, 3.05) is 26.3 Å². The van der Waals surface area contributed by atoms with Crippen molar-refractivity contribution in [1.29, 1.82) is 0 Å². The normalized spacial score (nSPS) is 28.8. The molecular formula is C20H35N3O3. The first-order chi connectivity index (χ1) is 12.3. The highest BCUT2D eigenvalue weighted by Gasteiger charge is 2.41. The molecule has 1 saturated carbocycles. The summed E-state index contributed by atoms with van der Waals surface area (Å²) in [4.78, 5) is 26.6. The zero-order chi connectivity index (χ0) is 19.0. The predicted molar refractivity (Wildman–Crippen MR) is 102 cm³/mol. The van der Waals surface area contributed by atoms with Crippen LogP contribution in [0.15, 0.2) is 4.99 Å². The van der Waals surface area contributed by atoms with E-state index in [2.05, 4.69) is 36.4 Å². The standard InChI is InChI=1S/C20H35N3O3/c1-19(2)11-17(12-20(3,13-19)14-21-15-24)23-18(25)22-8-4-5-16-6-9-26-10-7-16/h16-17H,4-14H2,1-3H3,(H2,22,23,25). The van der Waals surface area contributed by atoms with Gasteiger partial charge in [-0.2, -0.15) is 0 Å². The molecule has 2 atom stereocenters. The number of carbonyl (C=O) groups excluding carboxylic acids is 2. The van der Waals surface area contributed by atoms with Gasteiger partial charge in [0.2, 0.25) is 6.08 Å². The minimum Gasteiger partial charge on any atom is -0.381 e. The van der Waals surface area contributed by atoms with Crippen molar-refractivity contribution in [3.05, 3.63) is 0 Å². The third-order valence-corrected chi connectivity index (χ3v) is 5.72. The van der Waals surface area contributed by atoms with E-state index < -0.39 is 0 Å². The van der Waals surface area contributed by atoms with Gasteiger partial charge >= 0.3 is 6.03 Å². The zero-order valence-electron chi connectivity index (χ0n) is 16.6. The summed E-state index contributed by atoms with van der Waals surface area (Å²) in [5.41, 5.74) is 0.0482. The number of nitrogens with zero attached hydrogens (tertiary/aromatic N) is 1. The molecule has 2 aliphatic rings. The maximum atomic E-state index is 12.3. The van der Waals surface area contributed by atoms with E-state index in [1.807, 2.05) is 0 Å². The minimum atomic E-state index is -0.0825. The summed E-state index contributed by atoms with van der Waals surface area (Å²) in [6.45, 7) is 9.53. The molecule has 1 aliphatic heterocycles. The Morgan fingerprint density at radius 3 is 2.65 bits per heavy atom. The van der Waals surface area contributed by atoms with E-state index in [4.69, 9.17) is 4.74 Å². The lowest BCUT2D eigenvalue weighted by atomic mass is 9.62. The number of amides is 2. The molecule has 0 radical (unpaired) electrons. The van der Waals surface area contributed by atoms with Crippen molar-refractivity contribution in [2.45, 2.75) is 71.8 Å². The first-order valence-electron chi connectivity index (χ1n) is 9.98. The fraction of sp³-hybridized carbons (Fsp3) is 0.900. The van der Waals surface area contributed by atoms with E-state index in [9.17, 15) is 9.59 Å². The molecular weight excluding hydrogens is 330 g/mol. The Bertz CT molecular complexity index is 510. The molecule has 2 rings (SSSR count). The van der Waals surface area contributed by atoms with Gasteiger partial charge in [-0.05, 0) is 61.7 Å². The third kappa shape index (κ3) is 7.08. The number of carbonyl (C=O) groups is 1. The summed E-state index contributed by atoms with van der Waals surface area (Å²) < 4.78 is 5.38. The topological polar surface area (TPSA) is 79.8 Å². The molecule has 2 N–H and O–H groups in total. The quantitative estimate of drug-likeness (QED) is 0.412. The highest BCUT2D eigenvalue weighted by Crippen LogP contribution is 2.46. The predicted octanol–water partition coefficient (Wildman–Crippen LogP) is 3.41. The average molecular weight is 366 g/mol. The summed E-state index contributed by atoms with van der Waals surface area (Å²) in [5.74, 6) is 0.742. The number of hydrogen-bond donors (Lipinski definition) is 2. The molecule has 0 aromatic rings. The molecule has 0 aromatic carbocycles. The van der Waals surface area contributed by atoms with Crippen molar-refractivity contribution in [3.8, 4) is 0 Å². The van der Waals surface area contributed by atoms with Crippen LogP contribution in [0.2, 0.25) is 0 Å². The van der Waals surface area contributed by atoms with E-state index in [1.165, 1.54) is 0 Å². The maximum Gasteiger partial charge on any atom is 0.315 e. The maximum absolute atomic E-state index is 12.3. The van der Waals surface area contributed by atoms with Crippen molar-refractivity contribution in [1.82, 2.24) is 10.6 Å². The number of ether oxygens (including phenoxy) is 1. The largest absolute Gasteiger partial charge is 0.381 e. The summed E-state index contributed by atoms with van der Waals surface area (Å²) in [5, 5.41) is 6.13. The Hall–Kier alpha value is -1.39. The summed E-state index contributed by atoms with van der Waals surface area (Å²) in [6, 6.07) is 0.0296. The molecule has 2 amide bonds. The van der Waals surface area contributed by atoms with Crippen LogP contribution < -0.4 is 10.6 Å². The molecule has 1 heterocycles. The van der Waals surface area contributed by atoms with Crippen LogP contribution >= 0.6 is 0 Å². The van der Waals surface area contributed by atoms with Crippen molar-refractivity contribution < 1.29 is 14.3 Å². The SMILES string of the molecule is CC1(C)CC(NC(=O)NCCCC2CCOCC2)CC(C)(CN=C=O)C1. The Morgan fingerprint density at radius 1 is 1.23 bits per heavy atom. The summed E-state index contributed by atoms with van der Waals surface area (Å²) in [6.07, 6.45) is 8.90. The van der Waals surface area contributed by atoms with Crippen LogP contribution in [0, 0.1) is 16.7 Å². The minimum absolute atomic E-state index is 0.0693. The van der Waals surface area contributed by atoms with E-state index >= 15 is 0 Å². The van der Waals surface area contributed by atoms with Crippen LogP contribution in [-0.2, 0) is 9.53 Å². The smallest absolute Gasteiger partial charge is 0.315 e. The molecule has 148 valence electrons. The number of aliphatic imine (C=N–C) groups is 1. The molecule has 0 bridgehead atoms. The van der Waals surface area contributed by atoms with Gasteiger partial charge in [-0.3, -0.25) is 0 Å². The lowest BCUT2D eigenvalue weighted by molar-refractivity contribution is 0.0633. The zero-order valence-corrected chi connectivity index (χ0v) is 16.6. The molecule has 6 heteroatoms. The van der Waals surface area contributed by atoms with Gasteiger partial charge in [0.15, 0.2) is 0 Å². The van der Waals surface area contributed by atoms with Crippen LogP contribution in [0.4, 0.5) is 4.79 Å². The Kier molecular flexibility index (Phi) is 7.66. The van der Waals surface area contributed by atoms with Crippen LogP contribution in [0.1, 0.15) is 65.7 Å². The number of nitrogens with one attached hydrogen (secondary N) is 2. The molecule has 2 unspecified atom stereocenters. The number of rotatable bonds is 7. The van der Waals surface area contributed by atoms with E-state index in [-0.39, 0.29) is 22.9 Å². The van der Waals surface area contributed by atoms with Crippen LogP contribution in [0.25, 0.3) is 0 Å². The van der Waals surface area contributed by atoms with Gasteiger partial charge in [-0.1, -0.05) is 20.8 Å². The van der Waals surface area contributed by atoms with Crippen LogP contribution in [0.3, 0.4) is 0 Å². The molecule has 26 heavy (non-hydrogen) atoms. The second kappa shape index (κ2) is 9.52. The third-order valence-electron chi connectivity index (χ3n) is 5.72. The second-order valence-corrected chi connectivity index (χ2v) is 9.26. The van der Waals surface area contributed by atoms with Gasteiger partial charge in [0.05, 0.1) is 6.54 Å². The first kappa shape index (κ1) is 20.9. The fourth-order valence-electron chi connectivity index (χ4n) is 4.94. The van der Waals surface area contributed by atoms with E-state index in [0.29, 0.717) is 13.1 Å². The van der Waals surface area contributed by atoms with Crippen molar-refractivity contribution in [2.24, 2.45) is 21.7 Å². The second-order valence-electron chi connectivity index (χ2n) is 9.26. The average Bonchev–Trinajstić information content (AvgIpc) is 2.56. The molecule has 1 saturated heterocycles. The van der Waals surface area contributed by atoms with E-state index in [0.717, 1.165) is 64.1 Å². The summed E-state index contributed by atoms with van der Waals surface area (Å²) >= 11 is 0. The number of isocyanates is 1. The molecule has 0 aromatic heterocycles. The lowest BCUT2D eigenvalue weighted by Crippen LogP contribution is -2.50. The Labute approximate surface area is 157 Å². The van der Waals surface area contributed by atoms with Crippen molar-refractivity contribution >= 4 is 12.1 Å². The number of hydrogen-bond acceptors (Lipinski definition) is 4. The Morgan fingerprint density at radius 2 is 1.96 bits per heavy atom. The van der Waals surface area contributed by atoms with Crippen molar-refractivity contribution in [3.63, 3.8) is 0 Å². The van der Waals surface area contributed by atoms with Gasteiger partial charge in [0.25, 0.3) is 0 Å². The Balaban J connectivity index is 1.73. The van der Waals surface area contributed by atoms with E-state index in [1.54, 1.807) is 6.08 Å². The molecule has 1 aliphatic carbocycles. The first-order valence-corrected chi connectivity index (χ1v) is 9.98. The lowest BCUT2D eigenvalue weighted by Gasteiger charge is -2.46. The van der Waals surface area contributed by atoms with Gasteiger partial charge in [0.1, 0.15) is 0 Å². The van der Waals surface area contributed by atoms with Gasteiger partial charge in [-0.25, -0.2) is 14.6 Å². The van der Waals surface area contributed by atoms with Gasteiger partial charge < -0.3 is 15.4 Å². The molecule has 6 nitrogen and oxygen atoms in total. The van der Waals surface area contributed by atoms with Gasteiger partial charge in [-0.15, -0.1) is 0 Å². The fourth-order valence-corrected chi connectivity index (χ4v) is 4.94. The van der Waals surface area contributed by atoms with Gasteiger partial charge in [0, 0.05) is 25.8 Å². The molecule has 0 spiro atoms. The van der Waals surface area contributed by atoms with Crippen LogP contribution in [0.5, 0.6) is 0 Å². The monoisotopic (exact) mass is 365 g/mol. The summed E-state index contributed by atoms with van der Waals surface area (Å²) in [7, 11) is 0. The highest BCUT2D eigenvalue weighted by molar-refractivity contribution is 5.74. The van der Waals surface area contributed by atoms with Crippen LogP contribution in [-0.4, -0.2) is 44.5 Å².